The van der Waals surface area contributed by atoms with Gasteiger partial charge in [0.1, 0.15) is 0 Å². The molecule has 9 heteroatoms. The van der Waals surface area contributed by atoms with Crippen LogP contribution in [0.2, 0.25) is 0 Å². The van der Waals surface area contributed by atoms with Gasteiger partial charge in [-0.15, -0.1) is 0 Å². The fraction of sp³-hybridized carbons (Fsp3) is 0.364. The minimum absolute atomic E-state index is 0.00998. The standard InChI is InChI=1S/C22H28N4O4S/c1-15-9-10-18(12-20(15)31(29,30)25(3)4)24-21(27)14-26-13-17-8-6-5-7-16(17)11-19(26)22(28)23-2/h5-10,12,19H,11,13-14H2,1-4H3,(H,23,28)(H,24,27)/t19-/m0/s1. The maximum atomic E-state index is 12.8. The van der Waals surface area contributed by atoms with Crippen molar-refractivity contribution in [1.29, 1.82) is 0 Å². The molecule has 31 heavy (non-hydrogen) atoms. The lowest BCUT2D eigenvalue weighted by Crippen LogP contribution is -2.51. The zero-order chi connectivity index (χ0) is 22.8. The number of rotatable bonds is 6. The third kappa shape index (κ3) is 4.95. The molecule has 2 N–H and O–H groups in total. The summed E-state index contributed by atoms with van der Waals surface area (Å²) >= 11 is 0. The zero-order valence-corrected chi connectivity index (χ0v) is 19.0. The van der Waals surface area contributed by atoms with Gasteiger partial charge >= 0.3 is 0 Å². The lowest BCUT2D eigenvalue weighted by molar-refractivity contribution is -0.128. The minimum Gasteiger partial charge on any atom is -0.358 e. The fourth-order valence-corrected chi connectivity index (χ4v) is 4.85. The van der Waals surface area contributed by atoms with Crippen LogP contribution in [0.3, 0.4) is 0 Å². The summed E-state index contributed by atoms with van der Waals surface area (Å²) in [5, 5.41) is 5.45. The molecule has 8 nitrogen and oxygen atoms in total. The van der Waals surface area contributed by atoms with Gasteiger partial charge in [-0.1, -0.05) is 30.3 Å². The smallest absolute Gasteiger partial charge is 0.242 e. The topological polar surface area (TPSA) is 98.8 Å². The molecule has 1 aliphatic rings. The van der Waals surface area contributed by atoms with Crippen molar-refractivity contribution >= 4 is 27.5 Å². The number of nitrogens with one attached hydrogen (secondary N) is 2. The predicted octanol–water partition coefficient (Wildman–Crippen LogP) is 1.36. The molecule has 0 unspecified atom stereocenters. The molecule has 2 amide bonds. The Kier molecular flexibility index (Phi) is 6.78. The van der Waals surface area contributed by atoms with Crippen molar-refractivity contribution in [2.45, 2.75) is 30.8 Å². The number of anilines is 1. The highest BCUT2D eigenvalue weighted by atomic mass is 32.2. The van der Waals surface area contributed by atoms with E-state index in [9.17, 15) is 18.0 Å². The highest BCUT2D eigenvalue weighted by molar-refractivity contribution is 7.89. The summed E-state index contributed by atoms with van der Waals surface area (Å²) in [4.78, 5) is 27.2. The molecule has 2 aromatic rings. The average Bonchev–Trinajstić information content (AvgIpc) is 2.73. The number of hydrogen-bond acceptors (Lipinski definition) is 5. The average molecular weight is 445 g/mol. The van der Waals surface area contributed by atoms with E-state index in [-0.39, 0.29) is 23.3 Å². The SMILES string of the molecule is CNC(=O)[C@@H]1Cc2ccccc2CN1CC(=O)Nc1ccc(C)c(S(=O)(=O)N(C)C)c1. The first-order valence-corrected chi connectivity index (χ1v) is 11.4. The van der Waals surface area contributed by atoms with Crippen LogP contribution in [0.25, 0.3) is 0 Å². The Morgan fingerprint density at radius 1 is 1.13 bits per heavy atom. The van der Waals surface area contributed by atoms with Gasteiger partial charge in [0.05, 0.1) is 17.5 Å². The van der Waals surface area contributed by atoms with Crippen LogP contribution in [0.1, 0.15) is 16.7 Å². The lowest BCUT2D eigenvalue weighted by atomic mass is 9.93. The maximum absolute atomic E-state index is 12.8. The first-order valence-electron chi connectivity index (χ1n) is 9.99. The second-order valence-electron chi connectivity index (χ2n) is 7.82. The summed E-state index contributed by atoms with van der Waals surface area (Å²) in [6.07, 6.45) is 0.527. The van der Waals surface area contributed by atoms with Gasteiger partial charge in [0.15, 0.2) is 0 Å². The molecule has 1 aliphatic heterocycles. The van der Waals surface area contributed by atoms with E-state index >= 15 is 0 Å². The van der Waals surface area contributed by atoms with Crippen molar-refractivity contribution in [3.05, 3.63) is 59.2 Å². The van der Waals surface area contributed by atoms with E-state index in [4.69, 9.17) is 0 Å². The summed E-state index contributed by atoms with van der Waals surface area (Å²) in [5.74, 6) is -0.456. The molecule has 3 rings (SSSR count). The maximum Gasteiger partial charge on any atom is 0.242 e. The van der Waals surface area contributed by atoms with Crippen LogP contribution in [0, 0.1) is 6.92 Å². The number of hydrogen-bond donors (Lipinski definition) is 2. The van der Waals surface area contributed by atoms with Gasteiger partial charge < -0.3 is 10.6 Å². The number of likely N-dealkylation sites (N-methyl/N-ethyl adjacent to an activating group) is 1. The molecule has 1 atom stereocenters. The predicted molar refractivity (Wildman–Crippen MR) is 119 cm³/mol. The van der Waals surface area contributed by atoms with Crippen LogP contribution in [-0.2, 0) is 32.6 Å². The molecule has 0 fully saturated rings. The van der Waals surface area contributed by atoms with E-state index in [0.717, 1.165) is 15.4 Å². The number of fused-ring (bicyclic) bond motifs is 1. The van der Waals surface area contributed by atoms with Crippen molar-refractivity contribution in [3.8, 4) is 0 Å². The van der Waals surface area contributed by atoms with E-state index in [1.54, 1.807) is 26.1 Å². The number of aryl methyl sites for hydroxylation is 1. The third-order valence-electron chi connectivity index (χ3n) is 5.47. The van der Waals surface area contributed by atoms with E-state index in [0.29, 0.717) is 24.2 Å². The van der Waals surface area contributed by atoms with E-state index in [1.807, 2.05) is 29.2 Å². The van der Waals surface area contributed by atoms with Crippen LogP contribution >= 0.6 is 0 Å². The Balaban J connectivity index is 1.79. The number of carbonyl (C=O) groups excluding carboxylic acids is 2. The summed E-state index contributed by atoms with van der Waals surface area (Å²) in [5.41, 5.74) is 3.18. The summed E-state index contributed by atoms with van der Waals surface area (Å²) in [6, 6.07) is 12.2. The number of carbonyl (C=O) groups is 2. The van der Waals surface area contributed by atoms with Gasteiger partial charge in [-0.2, -0.15) is 0 Å². The molecule has 0 radical (unpaired) electrons. The van der Waals surface area contributed by atoms with Crippen molar-refractivity contribution in [2.24, 2.45) is 0 Å². The zero-order valence-electron chi connectivity index (χ0n) is 18.2. The number of benzene rings is 2. The lowest BCUT2D eigenvalue weighted by Gasteiger charge is -2.35. The first-order chi connectivity index (χ1) is 14.6. The normalized spacial score (nSPS) is 16.6. The van der Waals surface area contributed by atoms with E-state index in [2.05, 4.69) is 10.6 Å². The third-order valence-corrected chi connectivity index (χ3v) is 7.43. The first kappa shape index (κ1) is 22.9. The van der Waals surface area contributed by atoms with Crippen molar-refractivity contribution in [3.63, 3.8) is 0 Å². The molecule has 0 saturated heterocycles. The minimum atomic E-state index is -3.63. The summed E-state index contributed by atoms with van der Waals surface area (Å²) in [7, 11) is 0.883. The molecule has 0 aromatic heterocycles. The molecule has 0 spiro atoms. The number of sulfonamides is 1. The van der Waals surface area contributed by atoms with Crippen LogP contribution in [0.4, 0.5) is 5.69 Å². The molecule has 1 heterocycles. The quantitative estimate of drug-likeness (QED) is 0.701. The van der Waals surface area contributed by atoms with Gasteiger partial charge in [0.25, 0.3) is 0 Å². The Labute approximate surface area is 183 Å². The summed E-state index contributed by atoms with van der Waals surface area (Å²) in [6.45, 7) is 2.20. The molecule has 0 aliphatic carbocycles. The molecular formula is C22H28N4O4S. The summed E-state index contributed by atoms with van der Waals surface area (Å²) < 4.78 is 26.2. The molecule has 166 valence electrons. The van der Waals surface area contributed by atoms with Crippen LogP contribution in [-0.4, -0.2) is 63.2 Å². The van der Waals surface area contributed by atoms with Gasteiger partial charge in [-0.3, -0.25) is 14.5 Å². The van der Waals surface area contributed by atoms with E-state index < -0.39 is 16.1 Å². The number of amides is 2. The Morgan fingerprint density at radius 3 is 2.45 bits per heavy atom. The van der Waals surface area contributed by atoms with Crippen LogP contribution < -0.4 is 10.6 Å². The van der Waals surface area contributed by atoms with Gasteiger partial charge in [-0.25, -0.2) is 12.7 Å². The van der Waals surface area contributed by atoms with Crippen molar-refractivity contribution in [1.82, 2.24) is 14.5 Å². The highest BCUT2D eigenvalue weighted by Crippen LogP contribution is 2.25. The Bertz CT molecular complexity index is 1100. The fourth-order valence-electron chi connectivity index (χ4n) is 3.71. The van der Waals surface area contributed by atoms with Crippen molar-refractivity contribution in [2.75, 3.05) is 33.0 Å². The van der Waals surface area contributed by atoms with Crippen LogP contribution in [0.15, 0.2) is 47.4 Å². The Morgan fingerprint density at radius 2 is 1.81 bits per heavy atom. The highest BCUT2D eigenvalue weighted by Gasteiger charge is 2.32. The van der Waals surface area contributed by atoms with Gasteiger partial charge in [-0.05, 0) is 42.2 Å². The molecule has 2 aromatic carbocycles. The largest absolute Gasteiger partial charge is 0.358 e. The monoisotopic (exact) mass is 444 g/mol. The second-order valence-corrected chi connectivity index (χ2v) is 9.94. The van der Waals surface area contributed by atoms with E-state index in [1.165, 1.54) is 20.2 Å². The van der Waals surface area contributed by atoms with Gasteiger partial charge in [0, 0.05) is 33.4 Å². The molecular weight excluding hydrogens is 416 g/mol. The second kappa shape index (κ2) is 9.17. The Hall–Kier alpha value is -2.75. The molecule has 0 saturated carbocycles. The van der Waals surface area contributed by atoms with Gasteiger partial charge in [0.2, 0.25) is 21.8 Å². The molecule has 0 bridgehead atoms. The van der Waals surface area contributed by atoms with Crippen molar-refractivity contribution < 1.29 is 18.0 Å². The number of nitrogens with zero attached hydrogens (tertiary/aromatic N) is 2. The van der Waals surface area contributed by atoms with Crippen LogP contribution in [0.5, 0.6) is 0 Å².